The first-order chi connectivity index (χ1) is 12.4. The van der Waals surface area contributed by atoms with Gasteiger partial charge in [-0.2, -0.15) is 0 Å². The molecule has 0 aliphatic rings. The van der Waals surface area contributed by atoms with E-state index < -0.39 is 5.91 Å². The van der Waals surface area contributed by atoms with Crippen molar-refractivity contribution < 1.29 is 14.3 Å². The Morgan fingerprint density at radius 3 is 2.54 bits per heavy atom. The van der Waals surface area contributed by atoms with Crippen molar-refractivity contribution in [1.29, 1.82) is 0 Å². The molecule has 5 heteroatoms. The van der Waals surface area contributed by atoms with E-state index in [4.69, 9.17) is 10.5 Å². The molecule has 138 valence electrons. The number of amides is 2. The van der Waals surface area contributed by atoms with Gasteiger partial charge in [0.1, 0.15) is 5.75 Å². The van der Waals surface area contributed by atoms with Crippen LogP contribution < -0.4 is 15.8 Å². The molecule has 0 radical (unpaired) electrons. The summed E-state index contributed by atoms with van der Waals surface area (Å²) >= 11 is 0. The molecule has 2 aromatic carbocycles. The number of aryl methyl sites for hydroxylation is 1. The zero-order valence-electron chi connectivity index (χ0n) is 15.5. The molecule has 2 rings (SSSR count). The Labute approximate surface area is 154 Å². The van der Waals surface area contributed by atoms with E-state index in [1.165, 1.54) is 11.1 Å². The van der Waals surface area contributed by atoms with E-state index in [0.717, 1.165) is 5.75 Å². The van der Waals surface area contributed by atoms with E-state index in [9.17, 15) is 9.59 Å². The third-order valence-corrected chi connectivity index (χ3v) is 4.15. The zero-order chi connectivity index (χ0) is 19.1. The fourth-order valence-corrected chi connectivity index (χ4v) is 2.83. The number of benzene rings is 2. The number of anilines is 1. The SMILES string of the molecule is Cc1cc(OCCCC(=O)Nc2ccccc2C(N)=O)ccc1C(C)C. The molecule has 0 bridgehead atoms. The molecule has 0 atom stereocenters. The van der Waals surface area contributed by atoms with Gasteiger partial charge in [0.25, 0.3) is 5.91 Å². The van der Waals surface area contributed by atoms with Gasteiger partial charge in [0.2, 0.25) is 5.91 Å². The van der Waals surface area contributed by atoms with Gasteiger partial charge in [0.05, 0.1) is 17.9 Å². The molecule has 2 aromatic rings. The average molecular weight is 354 g/mol. The smallest absolute Gasteiger partial charge is 0.250 e. The lowest BCUT2D eigenvalue weighted by Gasteiger charge is -2.12. The van der Waals surface area contributed by atoms with Gasteiger partial charge in [-0.05, 0) is 54.7 Å². The topological polar surface area (TPSA) is 81.4 Å². The number of hydrogen-bond acceptors (Lipinski definition) is 3. The van der Waals surface area contributed by atoms with E-state index in [1.54, 1.807) is 24.3 Å². The summed E-state index contributed by atoms with van der Waals surface area (Å²) in [4.78, 5) is 23.4. The van der Waals surface area contributed by atoms with E-state index in [0.29, 0.717) is 36.6 Å². The first-order valence-electron chi connectivity index (χ1n) is 8.80. The first kappa shape index (κ1) is 19.5. The molecular weight excluding hydrogens is 328 g/mol. The largest absolute Gasteiger partial charge is 0.494 e. The summed E-state index contributed by atoms with van der Waals surface area (Å²) in [5.41, 5.74) is 8.56. The number of carbonyl (C=O) groups excluding carboxylic acids is 2. The van der Waals surface area contributed by atoms with Crippen molar-refractivity contribution in [2.24, 2.45) is 5.73 Å². The minimum absolute atomic E-state index is 0.173. The van der Waals surface area contributed by atoms with E-state index in [1.807, 2.05) is 12.1 Å². The highest BCUT2D eigenvalue weighted by molar-refractivity contribution is 6.02. The molecule has 0 spiro atoms. The lowest BCUT2D eigenvalue weighted by molar-refractivity contribution is -0.116. The van der Waals surface area contributed by atoms with Gasteiger partial charge in [-0.1, -0.05) is 32.0 Å². The molecule has 5 nitrogen and oxygen atoms in total. The zero-order valence-corrected chi connectivity index (χ0v) is 15.5. The first-order valence-corrected chi connectivity index (χ1v) is 8.80. The van der Waals surface area contributed by atoms with Crippen molar-refractivity contribution in [3.63, 3.8) is 0 Å². The van der Waals surface area contributed by atoms with E-state index >= 15 is 0 Å². The number of primary amides is 1. The van der Waals surface area contributed by atoms with Crippen LogP contribution >= 0.6 is 0 Å². The third kappa shape index (κ3) is 5.34. The number of carbonyl (C=O) groups is 2. The Bertz CT molecular complexity index is 785. The van der Waals surface area contributed by atoms with Crippen LogP contribution in [0.5, 0.6) is 5.75 Å². The molecule has 0 unspecified atom stereocenters. The molecule has 0 saturated carbocycles. The Morgan fingerprint density at radius 2 is 1.88 bits per heavy atom. The Hall–Kier alpha value is -2.82. The van der Waals surface area contributed by atoms with Gasteiger partial charge in [-0.15, -0.1) is 0 Å². The fourth-order valence-electron chi connectivity index (χ4n) is 2.83. The van der Waals surface area contributed by atoms with Crippen LogP contribution in [-0.4, -0.2) is 18.4 Å². The summed E-state index contributed by atoms with van der Waals surface area (Å²) in [6, 6.07) is 12.8. The van der Waals surface area contributed by atoms with Gasteiger partial charge in [-0.3, -0.25) is 9.59 Å². The van der Waals surface area contributed by atoms with Crippen LogP contribution in [0.25, 0.3) is 0 Å². The van der Waals surface area contributed by atoms with E-state index in [-0.39, 0.29) is 5.91 Å². The molecule has 26 heavy (non-hydrogen) atoms. The highest BCUT2D eigenvalue weighted by Crippen LogP contribution is 2.23. The molecule has 0 fully saturated rings. The second-order valence-corrected chi connectivity index (χ2v) is 6.58. The van der Waals surface area contributed by atoms with Crippen LogP contribution in [0.1, 0.15) is 54.1 Å². The van der Waals surface area contributed by atoms with Crippen molar-refractivity contribution in [2.45, 2.75) is 39.5 Å². The number of ether oxygens (including phenoxy) is 1. The van der Waals surface area contributed by atoms with Gasteiger partial charge in [-0.25, -0.2) is 0 Å². The quantitative estimate of drug-likeness (QED) is 0.703. The van der Waals surface area contributed by atoms with Crippen molar-refractivity contribution in [1.82, 2.24) is 0 Å². The second kappa shape index (κ2) is 9.04. The standard InChI is InChI=1S/C21H26N2O3/c1-14(2)17-11-10-16(13-15(17)3)26-12-6-9-20(24)23-19-8-5-4-7-18(19)21(22)25/h4-5,7-8,10-11,13-14H,6,9,12H2,1-3H3,(H2,22,25)(H,23,24). The molecule has 0 heterocycles. The van der Waals surface area contributed by atoms with Crippen LogP contribution in [0.3, 0.4) is 0 Å². The monoisotopic (exact) mass is 354 g/mol. The van der Waals surface area contributed by atoms with Crippen LogP contribution in [0.15, 0.2) is 42.5 Å². The molecule has 3 N–H and O–H groups in total. The highest BCUT2D eigenvalue weighted by atomic mass is 16.5. The maximum absolute atomic E-state index is 12.1. The molecular formula is C21H26N2O3. The number of nitrogens with one attached hydrogen (secondary N) is 1. The number of nitrogens with two attached hydrogens (primary N) is 1. The molecule has 0 aromatic heterocycles. The molecule has 0 aliphatic heterocycles. The maximum Gasteiger partial charge on any atom is 0.250 e. The molecule has 0 aliphatic carbocycles. The summed E-state index contributed by atoms with van der Waals surface area (Å²) in [6.45, 7) is 6.85. The molecule has 0 saturated heterocycles. The summed E-state index contributed by atoms with van der Waals surface area (Å²) in [7, 11) is 0. The number of rotatable bonds is 8. The lowest BCUT2D eigenvalue weighted by atomic mass is 9.98. The Kier molecular flexibility index (Phi) is 6.78. The number of hydrogen-bond donors (Lipinski definition) is 2. The van der Waals surface area contributed by atoms with Crippen LogP contribution in [0, 0.1) is 6.92 Å². The highest BCUT2D eigenvalue weighted by Gasteiger charge is 2.10. The normalized spacial score (nSPS) is 10.6. The average Bonchev–Trinajstić information content (AvgIpc) is 2.58. The Morgan fingerprint density at radius 1 is 1.15 bits per heavy atom. The summed E-state index contributed by atoms with van der Waals surface area (Å²) in [5, 5.41) is 2.72. The predicted octanol–water partition coefficient (Wildman–Crippen LogP) is 4.02. The molecule has 2 amide bonds. The van der Waals surface area contributed by atoms with Crippen molar-refractivity contribution in [2.75, 3.05) is 11.9 Å². The van der Waals surface area contributed by atoms with Crippen LogP contribution in [0.2, 0.25) is 0 Å². The van der Waals surface area contributed by atoms with Gasteiger partial charge < -0.3 is 15.8 Å². The minimum atomic E-state index is -0.565. The van der Waals surface area contributed by atoms with Gasteiger partial charge >= 0.3 is 0 Å². The van der Waals surface area contributed by atoms with E-state index in [2.05, 4.69) is 32.2 Å². The van der Waals surface area contributed by atoms with Crippen molar-refractivity contribution >= 4 is 17.5 Å². The predicted molar refractivity (Wildman–Crippen MR) is 104 cm³/mol. The summed E-state index contributed by atoms with van der Waals surface area (Å²) in [5.74, 6) is 0.556. The third-order valence-electron chi connectivity index (χ3n) is 4.15. The van der Waals surface area contributed by atoms with Gasteiger partial charge in [0, 0.05) is 6.42 Å². The maximum atomic E-state index is 12.1. The second-order valence-electron chi connectivity index (χ2n) is 6.58. The lowest BCUT2D eigenvalue weighted by Crippen LogP contribution is -2.18. The van der Waals surface area contributed by atoms with Crippen molar-refractivity contribution in [3.8, 4) is 5.75 Å². The van der Waals surface area contributed by atoms with Crippen LogP contribution in [0.4, 0.5) is 5.69 Å². The fraction of sp³-hybridized carbons (Fsp3) is 0.333. The number of para-hydroxylation sites is 1. The van der Waals surface area contributed by atoms with Gasteiger partial charge in [0.15, 0.2) is 0 Å². The minimum Gasteiger partial charge on any atom is -0.494 e. The van der Waals surface area contributed by atoms with Crippen molar-refractivity contribution in [3.05, 3.63) is 59.2 Å². The summed E-state index contributed by atoms with van der Waals surface area (Å²) in [6.07, 6.45) is 0.881. The Balaban J connectivity index is 1.81. The van der Waals surface area contributed by atoms with Crippen LogP contribution in [-0.2, 0) is 4.79 Å². The summed E-state index contributed by atoms with van der Waals surface area (Å²) < 4.78 is 5.73.